The Balaban J connectivity index is 1.89. The van der Waals surface area contributed by atoms with Gasteiger partial charge in [0.15, 0.2) is 0 Å². The molecule has 0 spiro atoms. The molecule has 0 amide bonds. The van der Waals surface area contributed by atoms with Crippen LogP contribution >= 0.6 is 23.2 Å². The van der Waals surface area contributed by atoms with Gasteiger partial charge in [-0.25, -0.2) is 14.4 Å². The van der Waals surface area contributed by atoms with Crippen LogP contribution in [0.1, 0.15) is 19.3 Å². The molecule has 1 saturated heterocycles. The number of fused-ring (bicyclic) bond motifs is 1. The van der Waals surface area contributed by atoms with Crippen LogP contribution in [-0.4, -0.2) is 23.1 Å². The lowest BCUT2D eigenvalue weighted by Gasteiger charge is -2.33. The number of rotatable bonds is 3. The van der Waals surface area contributed by atoms with E-state index in [0.29, 0.717) is 27.7 Å². The molecule has 3 aromatic rings. The Morgan fingerprint density at radius 1 is 1.18 bits per heavy atom. The van der Waals surface area contributed by atoms with Crippen LogP contribution in [0, 0.1) is 23.1 Å². The number of nitriles is 1. The fourth-order valence-electron chi connectivity index (χ4n) is 3.82. The highest BCUT2D eigenvalue weighted by Gasteiger charge is 2.24. The number of anilines is 1. The Morgan fingerprint density at radius 2 is 2.04 bits per heavy atom. The van der Waals surface area contributed by atoms with E-state index in [-0.39, 0.29) is 11.4 Å². The van der Waals surface area contributed by atoms with Crippen LogP contribution in [0.2, 0.25) is 10.0 Å². The van der Waals surface area contributed by atoms with Crippen molar-refractivity contribution in [2.24, 2.45) is 5.92 Å². The van der Waals surface area contributed by atoms with E-state index >= 15 is 0 Å². The van der Waals surface area contributed by atoms with Gasteiger partial charge in [0.05, 0.1) is 21.5 Å². The maximum Gasteiger partial charge on any atom is 0.149 e. The van der Waals surface area contributed by atoms with E-state index in [1.54, 1.807) is 18.2 Å². The molecule has 1 aliphatic rings. The Morgan fingerprint density at radius 3 is 2.82 bits per heavy atom. The molecule has 0 aliphatic carbocycles. The largest absolute Gasteiger partial charge is 0.356 e. The summed E-state index contributed by atoms with van der Waals surface area (Å²) in [7, 11) is 0. The first-order chi connectivity index (χ1) is 13.6. The number of benzene rings is 2. The lowest BCUT2D eigenvalue weighted by Crippen LogP contribution is -2.36. The average molecular weight is 415 g/mol. The van der Waals surface area contributed by atoms with Gasteiger partial charge in [-0.15, -0.1) is 0 Å². The maximum atomic E-state index is 14.6. The first-order valence-corrected chi connectivity index (χ1v) is 9.84. The Hall–Kier alpha value is -2.42. The maximum absolute atomic E-state index is 14.6. The number of piperidine rings is 1. The smallest absolute Gasteiger partial charge is 0.149 e. The predicted octanol–water partition coefficient (Wildman–Crippen LogP) is 5.87. The SMILES string of the molecule is N#CCC1CCCN(c2ncnc3c(F)ccc(-c4ccc(Cl)c(Cl)c4)c23)C1. The van der Waals surface area contributed by atoms with Crippen molar-refractivity contribution >= 4 is 39.9 Å². The number of halogens is 3. The fraction of sp³-hybridized carbons (Fsp3) is 0.286. The Labute approximate surface area is 172 Å². The van der Waals surface area contributed by atoms with Gasteiger partial charge in [-0.05, 0) is 48.1 Å². The molecule has 1 atom stereocenters. The van der Waals surface area contributed by atoms with Gasteiger partial charge in [0.1, 0.15) is 23.5 Å². The third-order valence-corrected chi connectivity index (χ3v) is 5.89. The van der Waals surface area contributed by atoms with E-state index in [0.717, 1.165) is 37.1 Å². The van der Waals surface area contributed by atoms with Crippen LogP contribution in [0.25, 0.3) is 22.0 Å². The minimum Gasteiger partial charge on any atom is -0.356 e. The van der Waals surface area contributed by atoms with Gasteiger partial charge in [-0.3, -0.25) is 0 Å². The zero-order chi connectivity index (χ0) is 19.7. The molecular weight excluding hydrogens is 398 g/mol. The third kappa shape index (κ3) is 3.50. The zero-order valence-corrected chi connectivity index (χ0v) is 16.5. The lowest BCUT2D eigenvalue weighted by molar-refractivity contribution is 0.420. The first-order valence-electron chi connectivity index (χ1n) is 9.09. The van der Waals surface area contributed by atoms with Crippen molar-refractivity contribution in [2.45, 2.75) is 19.3 Å². The topological polar surface area (TPSA) is 52.8 Å². The Bertz CT molecular complexity index is 1080. The standard InChI is InChI=1S/C21H17Cl2FN4/c22-16-5-3-14(10-17(16)23)15-4-6-18(24)20-19(15)21(27-12-26-20)28-9-1-2-13(11-28)7-8-25/h3-6,10,12-13H,1-2,7,9,11H2. The summed E-state index contributed by atoms with van der Waals surface area (Å²) < 4.78 is 14.6. The molecule has 1 unspecified atom stereocenters. The molecule has 4 rings (SSSR count). The van der Waals surface area contributed by atoms with E-state index in [4.69, 9.17) is 28.5 Å². The van der Waals surface area contributed by atoms with Crippen molar-refractivity contribution in [1.82, 2.24) is 9.97 Å². The molecule has 4 nitrogen and oxygen atoms in total. The van der Waals surface area contributed by atoms with Gasteiger partial charge in [0, 0.05) is 19.5 Å². The van der Waals surface area contributed by atoms with E-state index in [1.165, 1.54) is 12.4 Å². The monoisotopic (exact) mass is 414 g/mol. The van der Waals surface area contributed by atoms with E-state index in [1.807, 2.05) is 6.07 Å². The van der Waals surface area contributed by atoms with Gasteiger partial charge >= 0.3 is 0 Å². The number of hydrogen-bond donors (Lipinski definition) is 0. The zero-order valence-electron chi connectivity index (χ0n) is 15.0. The van der Waals surface area contributed by atoms with E-state index in [9.17, 15) is 4.39 Å². The van der Waals surface area contributed by atoms with Gasteiger partial charge in [0.2, 0.25) is 0 Å². The number of aromatic nitrogens is 2. The average Bonchev–Trinajstić information content (AvgIpc) is 2.71. The van der Waals surface area contributed by atoms with E-state index < -0.39 is 5.82 Å². The third-order valence-electron chi connectivity index (χ3n) is 5.15. The minimum atomic E-state index is -0.395. The molecule has 142 valence electrons. The van der Waals surface area contributed by atoms with Crippen molar-refractivity contribution in [1.29, 1.82) is 5.26 Å². The molecule has 2 heterocycles. The summed E-state index contributed by atoms with van der Waals surface area (Å²) in [6.07, 6.45) is 3.89. The summed E-state index contributed by atoms with van der Waals surface area (Å²) in [5.74, 6) is 0.576. The predicted molar refractivity (Wildman–Crippen MR) is 110 cm³/mol. The van der Waals surface area contributed by atoms with Crippen molar-refractivity contribution in [3.05, 3.63) is 52.5 Å². The molecule has 0 radical (unpaired) electrons. The molecule has 1 aliphatic heterocycles. The van der Waals surface area contributed by atoms with Crippen molar-refractivity contribution < 1.29 is 4.39 Å². The highest BCUT2D eigenvalue weighted by Crippen LogP contribution is 2.38. The summed E-state index contributed by atoms with van der Waals surface area (Å²) in [5, 5.41) is 10.6. The highest BCUT2D eigenvalue weighted by molar-refractivity contribution is 6.42. The van der Waals surface area contributed by atoms with Gasteiger partial charge in [0.25, 0.3) is 0 Å². The van der Waals surface area contributed by atoms with Gasteiger partial charge in [-0.2, -0.15) is 5.26 Å². The van der Waals surface area contributed by atoms with Crippen LogP contribution in [0.5, 0.6) is 0 Å². The fourth-order valence-corrected chi connectivity index (χ4v) is 4.12. The van der Waals surface area contributed by atoms with Crippen LogP contribution in [-0.2, 0) is 0 Å². The molecule has 0 saturated carbocycles. The summed E-state index contributed by atoms with van der Waals surface area (Å²) in [6.45, 7) is 1.53. The molecule has 28 heavy (non-hydrogen) atoms. The minimum absolute atomic E-state index is 0.274. The molecule has 2 aromatic carbocycles. The van der Waals surface area contributed by atoms with Gasteiger partial charge < -0.3 is 4.90 Å². The second-order valence-corrected chi connectivity index (χ2v) is 7.78. The molecule has 7 heteroatoms. The molecule has 0 N–H and O–H groups in total. The summed E-state index contributed by atoms with van der Waals surface area (Å²) in [5.41, 5.74) is 1.89. The van der Waals surface area contributed by atoms with Crippen LogP contribution in [0.4, 0.5) is 10.2 Å². The number of nitrogens with zero attached hydrogens (tertiary/aromatic N) is 4. The first kappa shape index (κ1) is 18.9. The summed E-state index contributed by atoms with van der Waals surface area (Å²) >= 11 is 12.3. The number of hydrogen-bond acceptors (Lipinski definition) is 4. The van der Waals surface area contributed by atoms with Crippen LogP contribution in [0.15, 0.2) is 36.7 Å². The van der Waals surface area contributed by atoms with Crippen molar-refractivity contribution in [3.8, 4) is 17.2 Å². The lowest BCUT2D eigenvalue weighted by atomic mass is 9.94. The molecule has 1 fully saturated rings. The van der Waals surface area contributed by atoms with Gasteiger partial charge in [-0.1, -0.05) is 35.3 Å². The second kappa shape index (κ2) is 7.90. The quantitative estimate of drug-likeness (QED) is 0.537. The van der Waals surface area contributed by atoms with Crippen LogP contribution < -0.4 is 4.90 Å². The molecular formula is C21H17Cl2FN4. The second-order valence-electron chi connectivity index (χ2n) is 6.96. The van der Waals surface area contributed by atoms with Crippen molar-refractivity contribution in [3.63, 3.8) is 0 Å². The van der Waals surface area contributed by atoms with E-state index in [2.05, 4.69) is 20.9 Å². The van der Waals surface area contributed by atoms with Crippen LogP contribution in [0.3, 0.4) is 0 Å². The normalized spacial score (nSPS) is 16.9. The Kier molecular flexibility index (Phi) is 5.34. The molecule has 0 bridgehead atoms. The highest BCUT2D eigenvalue weighted by atomic mass is 35.5. The summed E-state index contributed by atoms with van der Waals surface area (Å²) in [4.78, 5) is 10.8. The molecule has 1 aromatic heterocycles. The summed E-state index contributed by atoms with van der Waals surface area (Å²) in [6, 6.07) is 10.7. The van der Waals surface area contributed by atoms with Crippen molar-refractivity contribution in [2.75, 3.05) is 18.0 Å².